The average Bonchev–Trinajstić information content (AvgIpc) is 3.39. The van der Waals surface area contributed by atoms with Crippen molar-refractivity contribution in [2.75, 3.05) is 18.0 Å². The summed E-state index contributed by atoms with van der Waals surface area (Å²) >= 11 is 0. The molecule has 2 N–H and O–H groups in total. The Balaban J connectivity index is 1.47. The van der Waals surface area contributed by atoms with Crippen LogP contribution in [0.5, 0.6) is 5.75 Å². The van der Waals surface area contributed by atoms with Crippen LogP contribution in [0.1, 0.15) is 45.0 Å². The number of hydrogen-bond acceptors (Lipinski definition) is 8. The highest BCUT2D eigenvalue weighted by molar-refractivity contribution is 5.83. The van der Waals surface area contributed by atoms with E-state index in [1.807, 2.05) is 4.90 Å². The van der Waals surface area contributed by atoms with Gasteiger partial charge in [0.05, 0.1) is 29.2 Å². The van der Waals surface area contributed by atoms with Gasteiger partial charge in [0.2, 0.25) is 0 Å². The molecule has 4 heterocycles. The number of aliphatic hydroxyl groups excluding tert-OH is 1. The zero-order chi connectivity index (χ0) is 27.9. The maximum absolute atomic E-state index is 14.1. The number of fused-ring (bicyclic) bond motifs is 1. The number of halogens is 4. The first-order valence-electron chi connectivity index (χ1n) is 12.3. The number of nitrogens with zero attached hydrogens (tertiary/aromatic N) is 6. The van der Waals surface area contributed by atoms with Crippen LogP contribution >= 0.6 is 0 Å². The van der Waals surface area contributed by atoms with Crippen molar-refractivity contribution < 1.29 is 32.5 Å². The SMILES string of the molecule is CC(C)(O)C(O)c1cc2nc(N3CCC(Oc4ccc(F)cc4F)CC3)c(-c3cnn(C(F)F)c3)nc2cn1. The van der Waals surface area contributed by atoms with Gasteiger partial charge in [-0.15, -0.1) is 0 Å². The molecule has 1 saturated heterocycles. The third-order valence-electron chi connectivity index (χ3n) is 6.51. The average molecular weight is 547 g/mol. The summed E-state index contributed by atoms with van der Waals surface area (Å²) in [4.78, 5) is 15.5. The van der Waals surface area contributed by atoms with E-state index < -0.39 is 29.9 Å². The maximum Gasteiger partial charge on any atom is 0.333 e. The fourth-order valence-corrected chi connectivity index (χ4v) is 4.39. The summed E-state index contributed by atoms with van der Waals surface area (Å²) in [5.41, 5.74) is 0.127. The van der Waals surface area contributed by atoms with Crippen LogP contribution in [0.15, 0.2) is 42.9 Å². The minimum atomic E-state index is -2.83. The smallest absolute Gasteiger partial charge is 0.333 e. The number of alkyl halides is 2. The number of aromatic nitrogens is 5. The van der Waals surface area contributed by atoms with Crippen LogP contribution < -0.4 is 9.64 Å². The fourth-order valence-electron chi connectivity index (χ4n) is 4.39. The molecule has 1 unspecified atom stereocenters. The Labute approximate surface area is 220 Å². The first-order valence-corrected chi connectivity index (χ1v) is 12.3. The first kappa shape index (κ1) is 26.8. The van der Waals surface area contributed by atoms with Gasteiger partial charge in [-0.25, -0.2) is 23.4 Å². The molecule has 0 aliphatic carbocycles. The van der Waals surface area contributed by atoms with Crippen LogP contribution in [0.25, 0.3) is 22.3 Å². The van der Waals surface area contributed by atoms with E-state index in [9.17, 15) is 27.8 Å². The lowest BCUT2D eigenvalue weighted by molar-refractivity contribution is -0.0516. The molecule has 1 aliphatic rings. The van der Waals surface area contributed by atoms with Gasteiger partial charge in [-0.3, -0.25) is 4.98 Å². The second-order valence-corrected chi connectivity index (χ2v) is 9.92. The standard InChI is InChI=1S/C26H26F4N6O3/c1-26(2,38)23(37)19-10-18-20(12-31-19)33-22(14-11-32-36(13-14)25(29)30)24(34-18)35-7-5-16(6-8-35)39-21-4-3-15(27)9-17(21)28/h3-4,9-13,16,23,25,37-38H,5-8H2,1-2H3. The Kier molecular flexibility index (Phi) is 7.12. The highest BCUT2D eigenvalue weighted by Gasteiger charge is 2.29. The predicted molar refractivity (Wildman–Crippen MR) is 133 cm³/mol. The van der Waals surface area contributed by atoms with Crippen LogP contribution in [-0.4, -0.2) is 59.7 Å². The Hall–Kier alpha value is -3.84. The lowest BCUT2D eigenvalue weighted by atomic mass is 9.98. The van der Waals surface area contributed by atoms with Crippen molar-refractivity contribution in [2.24, 2.45) is 0 Å². The number of aliphatic hydroxyl groups is 2. The van der Waals surface area contributed by atoms with Gasteiger partial charge >= 0.3 is 6.55 Å². The molecule has 0 amide bonds. The molecule has 4 aromatic rings. The molecular weight excluding hydrogens is 520 g/mol. The van der Waals surface area contributed by atoms with E-state index in [0.717, 1.165) is 12.1 Å². The fraction of sp³-hybridized carbons (Fsp3) is 0.385. The van der Waals surface area contributed by atoms with Gasteiger partial charge in [0.1, 0.15) is 29.2 Å². The monoisotopic (exact) mass is 546 g/mol. The summed E-state index contributed by atoms with van der Waals surface area (Å²) in [6.45, 7) is 0.924. The van der Waals surface area contributed by atoms with Crippen molar-refractivity contribution in [3.8, 4) is 17.0 Å². The van der Waals surface area contributed by atoms with Crippen molar-refractivity contribution in [3.05, 3.63) is 60.2 Å². The Morgan fingerprint density at radius 1 is 1.05 bits per heavy atom. The van der Waals surface area contributed by atoms with E-state index in [2.05, 4.69) is 15.1 Å². The van der Waals surface area contributed by atoms with Crippen LogP contribution in [-0.2, 0) is 0 Å². The summed E-state index contributed by atoms with van der Waals surface area (Å²) in [7, 11) is 0. The number of piperidine rings is 1. The van der Waals surface area contributed by atoms with Gasteiger partial charge in [0.15, 0.2) is 17.4 Å². The zero-order valence-electron chi connectivity index (χ0n) is 21.1. The number of rotatable bonds is 7. The van der Waals surface area contributed by atoms with Gasteiger partial charge in [-0.1, -0.05) is 0 Å². The normalized spacial score (nSPS) is 15.8. The Bertz CT molecular complexity index is 1480. The lowest BCUT2D eigenvalue weighted by Gasteiger charge is -2.33. The third-order valence-corrected chi connectivity index (χ3v) is 6.51. The minimum absolute atomic E-state index is 0.0363. The molecule has 39 heavy (non-hydrogen) atoms. The number of pyridine rings is 1. The quantitative estimate of drug-likeness (QED) is 0.328. The van der Waals surface area contributed by atoms with E-state index in [0.29, 0.717) is 58.7 Å². The third kappa shape index (κ3) is 5.64. The number of benzene rings is 1. The van der Waals surface area contributed by atoms with Gasteiger partial charge in [-0.05, 0) is 32.0 Å². The van der Waals surface area contributed by atoms with Crippen LogP contribution in [0, 0.1) is 11.6 Å². The molecule has 9 nitrogen and oxygen atoms in total. The van der Waals surface area contributed by atoms with Gasteiger partial charge in [-0.2, -0.15) is 13.9 Å². The summed E-state index contributed by atoms with van der Waals surface area (Å²) in [5, 5.41) is 24.4. The van der Waals surface area contributed by atoms with E-state index in [1.54, 1.807) is 0 Å². The number of anilines is 1. The van der Waals surface area contributed by atoms with Crippen LogP contribution in [0.3, 0.4) is 0 Å². The van der Waals surface area contributed by atoms with E-state index >= 15 is 0 Å². The molecule has 5 rings (SSSR count). The van der Waals surface area contributed by atoms with Crippen LogP contribution in [0.4, 0.5) is 23.4 Å². The Morgan fingerprint density at radius 2 is 1.79 bits per heavy atom. The van der Waals surface area contributed by atoms with Gasteiger partial charge in [0, 0.05) is 43.8 Å². The second-order valence-electron chi connectivity index (χ2n) is 9.92. The van der Waals surface area contributed by atoms with E-state index in [-0.39, 0.29) is 17.5 Å². The lowest BCUT2D eigenvalue weighted by Crippen LogP contribution is -2.39. The van der Waals surface area contributed by atoms with E-state index in [4.69, 9.17) is 9.72 Å². The topological polar surface area (TPSA) is 109 Å². The second kappa shape index (κ2) is 10.4. The molecule has 1 atom stereocenters. The van der Waals surface area contributed by atoms with Crippen LogP contribution in [0.2, 0.25) is 0 Å². The maximum atomic E-state index is 14.1. The summed E-state index contributed by atoms with van der Waals surface area (Å²) in [6.07, 6.45) is 3.19. The molecular formula is C26H26F4N6O3. The van der Waals surface area contributed by atoms with Gasteiger partial charge in [0.25, 0.3) is 0 Å². The molecule has 3 aromatic heterocycles. The van der Waals surface area contributed by atoms with Crippen molar-refractivity contribution in [3.63, 3.8) is 0 Å². The minimum Gasteiger partial charge on any atom is -0.487 e. The van der Waals surface area contributed by atoms with Crippen molar-refractivity contribution in [2.45, 2.75) is 51.0 Å². The molecule has 206 valence electrons. The zero-order valence-corrected chi connectivity index (χ0v) is 21.1. The Morgan fingerprint density at radius 3 is 2.44 bits per heavy atom. The van der Waals surface area contributed by atoms with Crippen molar-refractivity contribution >= 4 is 16.9 Å². The molecule has 1 aromatic carbocycles. The van der Waals surface area contributed by atoms with E-state index in [1.165, 1.54) is 44.6 Å². The predicted octanol–water partition coefficient (Wildman–Crippen LogP) is 4.41. The molecule has 13 heteroatoms. The highest BCUT2D eigenvalue weighted by atomic mass is 19.3. The van der Waals surface area contributed by atoms with Crippen molar-refractivity contribution in [1.82, 2.24) is 24.7 Å². The van der Waals surface area contributed by atoms with Gasteiger partial charge < -0.3 is 19.8 Å². The first-order chi connectivity index (χ1) is 18.5. The highest BCUT2D eigenvalue weighted by Crippen LogP contribution is 2.34. The summed E-state index contributed by atoms with van der Waals surface area (Å²) in [6, 6.07) is 4.66. The molecule has 0 radical (unpaired) electrons. The molecule has 1 fully saturated rings. The summed E-state index contributed by atoms with van der Waals surface area (Å²) in [5.74, 6) is -1.11. The number of hydrogen-bond donors (Lipinski definition) is 2. The molecule has 0 bridgehead atoms. The molecule has 1 aliphatic heterocycles. The molecule has 0 saturated carbocycles. The van der Waals surface area contributed by atoms with Crippen molar-refractivity contribution in [1.29, 1.82) is 0 Å². The molecule has 0 spiro atoms. The summed E-state index contributed by atoms with van der Waals surface area (Å²) < 4.78 is 60.0. The number of ether oxygens (including phenoxy) is 1. The largest absolute Gasteiger partial charge is 0.487 e.